The minimum Gasteiger partial charge on any atom is -0.368 e. The summed E-state index contributed by atoms with van der Waals surface area (Å²) in [5.74, 6) is 4.77. The summed E-state index contributed by atoms with van der Waals surface area (Å²) >= 11 is 0. The molecule has 0 aliphatic carbocycles. The van der Waals surface area contributed by atoms with E-state index < -0.39 is 6.41 Å². The molecule has 0 heterocycles. The molecule has 0 aliphatic rings. The summed E-state index contributed by atoms with van der Waals surface area (Å²) in [6, 6.07) is 8.55. The third-order valence-electron chi connectivity index (χ3n) is 1.64. The highest BCUT2D eigenvalue weighted by atomic mass is 16.5. The van der Waals surface area contributed by atoms with E-state index >= 15 is 0 Å². The van der Waals surface area contributed by atoms with Gasteiger partial charge in [-0.3, -0.25) is 4.90 Å². The number of guanidine groups is 1. The Bertz CT molecular complexity index is 312. The average Bonchev–Trinajstić information content (AvgIpc) is 2.19. The first-order chi connectivity index (χ1) is 6.66. The molecule has 1 aromatic rings. The van der Waals surface area contributed by atoms with Crippen LogP contribution >= 0.6 is 0 Å². The summed E-state index contributed by atoms with van der Waals surface area (Å²) in [5, 5.41) is 21.3. The highest BCUT2D eigenvalue weighted by Crippen LogP contribution is 2.13. The standard InChI is InChI=1S/C8H12N4O2/c9-7(11-10)12(8(13)14)6-4-2-1-3-5-6/h1-5,8,13-14H,10H2,(H2,9,11). The van der Waals surface area contributed by atoms with E-state index in [4.69, 9.17) is 21.8 Å². The highest BCUT2D eigenvalue weighted by molar-refractivity contribution is 5.94. The summed E-state index contributed by atoms with van der Waals surface area (Å²) in [5.41, 5.74) is 5.88. The Balaban J connectivity index is 3.01. The molecule has 0 saturated heterocycles. The Hall–Kier alpha value is -1.79. The van der Waals surface area contributed by atoms with E-state index in [9.17, 15) is 0 Å². The second-order valence-corrected chi connectivity index (χ2v) is 2.54. The Morgan fingerprint density at radius 2 is 1.86 bits per heavy atom. The van der Waals surface area contributed by atoms with Gasteiger partial charge >= 0.3 is 0 Å². The molecule has 0 amide bonds. The molecule has 0 atom stereocenters. The highest BCUT2D eigenvalue weighted by Gasteiger charge is 2.16. The van der Waals surface area contributed by atoms with E-state index in [0.717, 1.165) is 4.90 Å². The van der Waals surface area contributed by atoms with E-state index in [1.54, 1.807) is 30.3 Å². The summed E-state index contributed by atoms with van der Waals surface area (Å²) in [7, 11) is 0. The van der Waals surface area contributed by atoms with E-state index in [1.165, 1.54) is 0 Å². The zero-order valence-corrected chi connectivity index (χ0v) is 7.41. The van der Waals surface area contributed by atoms with Crippen LogP contribution in [0.1, 0.15) is 0 Å². The summed E-state index contributed by atoms with van der Waals surface area (Å²) in [6.45, 7) is 0. The SMILES string of the molecule is N/N=C(\N)N(c1ccccc1)C(O)O. The van der Waals surface area contributed by atoms with Crippen molar-refractivity contribution < 1.29 is 10.2 Å². The van der Waals surface area contributed by atoms with Crippen LogP contribution in [0.25, 0.3) is 0 Å². The van der Waals surface area contributed by atoms with Gasteiger partial charge in [0.2, 0.25) is 12.4 Å². The average molecular weight is 196 g/mol. The molecule has 0 aromatic heterocycles. The van der Waals surface area contributed by atoms with Crippen LogP contribution in [-0.2, 0) is 0 Å². The second-order valence-electron chi connectivity index (χ2n) is 2.54. The molecular formula is C8H12N4O2. The van der Waals surface area contributed by atoms with Crippen molar-refractivity contribution in [3.63, 3.8) is 0 Å². The number of hydrogen-bond acceptors (Lipinski definition) is 4. The smallest absolute Gasteiger partial charge is 0.242 e. The van der Waals surface area contributed by atoms with Crippen LogP contribution in [0.5, 0.6) is 0 Å². The topological polar surface area (TPSA) is 108 Å². The van der Waals surface area contributed by atoms with Crippen molar-refractivity contribution in [1.82, 2.24) is 0 Å². The minimum atomic E-state index is -1.77. The van der Waals surface area contributed by atoms with Crippen LogP contribution in [0.2, 0.25) is 0 Å². The van der Waals surface area contributed by atoms with Gasteiger partial charge in [0.25, 0.3) is 0 Å². The first-order valence-electron chi connectivity index (χ1n) is 3.90. The predicted molar refractivity (Wildman–Crippen MR) is 53.0 cm³/mol. The maximum atomic E-state index is 9.03. The minimum absolute atomic E-state index is 0.175. The number of benzene rings is 1. The third-order valence-corrected chi connectivity index (χ3v) is 1.64. The van der Waals surface area contributed by atoms with Gasteiger partial charge in [-0.25, -0.2) is 0 Å². The molecule has 6 nitrogen and oxygen atoms in total. The van der Waals surface area contributed by atoms with Gasteiger partial charge in [-0.1, -0.05) is 18.2 Å². The van der Waals surface area contributed by atoms with Gasteiger partial charge in [0.05, 0.1) is 0 Å². The van der Waals surface area contributed by atoms with Crippen molar-refractivity contribution in [2.24, 2.45) is 16.7 Å². The molecule has 0 unspecified atom stereocenters. The fraction of sp³-hybridized carbons (Fsp3) is 0.125. The molecule has 0 spiro atoms. The number of aliphatic hydroxyl groups excluding tert-OH is 1. The van der Waals surface area contributed by atoms with Gasteiger partial charge < -0.3 is 21.8 Å². The monoisotopic (exact) mass is 196 g/mol. The van der Waals surface area contributed by atoms with Crippen molar-refractivity contribution in [2.45, 2.75) is 6.41 Å². The fourth-order valence-electron chi connectivity index (χ4n) is 1.03. The number of hydrazone groups is 1. The number of anilines is 1. The predicted octanol–water partition coefficient (Wildman–Crippen LogP) is -1.05. The van der Waals surface area contributed by atoms with Crippen LogP contribution in [0.4, 0.5) is 5.69 Å². The van der Waals surface area contributed by atoms with Crippen molar-refractivity contribution in [3.05, 3.63) is 30.3 Å². The number of aliphatic hydroxyl groups is 2. The zero-order chi connectivity index (χ0) is 10.6. The van der Waals surface area contributed by atoms with Gasteiger partial charge in [-0.05, 0) is 12.1 Å². The lowest BCUT2D eigenvalue weighted by atomic mass is 10.3. The van der Waals surface area contributed by atoms with Crippen LogP contribution in [0, 0.1) is 0 Å². The molecule has 14 heavy (non-hydrogen) atoms. The lowest BCUT2D eigenvalue weighted by molar-refractivity contribution is -0.0308. The molecule has 6 heteroatoms. The molecule has 0 saturated carbocycles. The Labute approximate surface area is 81.1 Å². The second kappa shape index (κ2) is 4.45. The van der Waals surface area contributed by atoms with Crippen molar-refractivity contribution in [1.29, 1.82) is 0 Å². The number of para-hydroxylation sites is 1. The normalized spacial score (nSPS) is 11.8. The molecule has 6 N–H and O–H groups in total. The molecule has 76 valence electrons. The molecular weight excluding hydrogens is 184 g/mol. The van der Waals surface area contributed by atoms with Crippen LogP contribution < -0.4 is 16.5 Å². The lowest BCUT2D eigenvalue weighted by Gasteiger charge is -2.24. The summed E-state index contributed by atoms with van der Waals surface area (Å²) in [4.78, 5) is 0.986. The van der Waals surface area contributed by atoms with Gasteiger partial charge in [0.1, 0.15) is 0 Å². The van der Waals surface area contributed by atoms with E-state index in [-0.39, 0.29) is 5.96 Å². The van der Waals surface area contributed by atoms with Crippen molar-refractivity contribution in [2.75, 3.05) is 4.90 Å². The van der Waals surface area contributed by atoms with Crippen LogP contribution in [-0.4, -0.2) is 22.6 Å². The maximum Gasteiger partial charge on any atom is 0.242 e. The summed E-state index contributed by atoms with van der Waals surface area (Å²) in [6.07, 6.45) is -1.77. The van der Waals surface area contributed by atoms with E-state index in [1.807, 2.05) is 0 Å². The number of hydrogen-bond donors (Lipinski definition) is 4. The van der Waals surface area contributed by atoms with E-state index in [0.29, 0.717) is 5.69 Å². The quantitative estimate of drug-likeness (QED) is 0.159. The lowest BCUT2D eigenvalue weighted by Crippen LogP contribution is -2.45. The number of rotatable bonds is 2. The van der Waals surface area contributed by atoms with E-state index in [2.05, 4.69) is 5.10 Å². The Morgan fingerprint density at radius 3 is 2.29 bits per heavy atom. The van der Waals surface area contributed by atoms with Gasteiger partial charge in [0.15, 0.2) is 0 Å². The number of nitrogens with zero attached hydrogens (tertiary/aromatic N) is 2. The van der Waals surface area contributed by atoms with Gasteiger partial charge in [0, 0.05) is 5.69 Å². The molecule has 0 fully saturated rings. The Morgan fingerprint density at radius 1 is 1.29 bits per heavy atom. The first-order valence-corrected chi connectivity index (χ1v) is 3.90. The largest absolute Gasteiger partial charge is 0.368 e. The molecule has 1 aromatic carbocycles. The first kappa shape index (κ1) is 10.3. The maximum absolute atomic E-state index is 9.03. The molecule has 0 aliphatic heterocycles. The van der Waals surface area contributed by atoms with Crippen LogP contribution in [0.3, 0.4) is 0 Å². The third kappa shape index (κ3) is 2.12. The number of nitrogens with two attached hydrogens (primary N) is 2. The van der Waals surface area contributed by atoms with Gasteiger partial charge in [-0.2, -0.15) is 0 Å². The van der Waals surface area contributed by atoms with Crippen LogP contribution in [0.15, 0.2) is 35.4 Å². The zero-order valence-electron chi connectivity index (χ0n) is 7.41. The van der Waals surface area contributed by atoms with Crippen molar-refractivity contribution >= 4 is 11.6 Å². The van der Waals surface area contributed by atoms with Crippen molar-refractivity contribution in [3.8, 4) is 0 Å². The van der Waals surface area contributed by atoms with Gasteiger partial charge in [-0.15, -0.1) is 5.10 Å². The summed E-state index contributed by atoms with van der Waals surface area (Å²) < 4.78 is 0. The Kier molecular flexibility index (Phi) is 3.27. The molecule has 0 bridgehead atoms. The molecule has 0 radical (unpaired) electrons. The fourth-order valence-corrected chi connectivity index (χ4v) is 1.03. The molecule has 1 rings (SSSR count).